The lowest BCUT2D eigenvalue weighted by atomic mass is 10.1. The minimum Gasteiger partial charge on any atom is -0.341 e. The first-order valence-electron chi connectivity index (χ1n) is 7.49. The molecule has 1 amide bonds. The number of benzene rings is 1. The van der Waals surface area contributed by atoms with E-state index in [0.29, 0.717) is 6.54 Å². The van der Waals surface area contributed by atoms with Crippen molar-refractivity contribution in [3.63, 3.8) is 0 Å². The molecule has 0 atom stereocenters. The second-order valence-corrected chi connectivity index (χ2v) is 6.77. The molecule has 9 heteroatoms. The van der Waals surface area contributed by atoms with E-state index in [9.17, 15) is 18.0 Å². The van der Waals surface area contributed by atoms with Crippen molar-refractivity contribution in [3.05, 3.63) is 40.7 Å². The summed E-state index contributed by atoms with van der Waals surface area (Å²) in [4.78, 5) is 13.8. The molecule has 0 saturated heterocycles. The minimum absolute atomic E-state index is 0.00869. The van der Waals surface area contributed by atoms with Gasteiger partial charge in [-0.2, -0.15) is 13.2 Å². The molecule has 0 bridgehead atoms. The zero-order chi connectivity index (χ0) is 18.8. The number of carbonyl (C=O) groups excluding carboxylic acids is 1. The Morgan fingerprint density at radius 2 is 1.96 bits per heavy atom. The van der Waals surface area contributed by atoms with E-state index in [1.165, 1.54) is 7.05 Å². The Morgan fingerprint density at radius 3 is 2.52 bits per heavy atom. The maximum Gasteiger partial charge on any atom is 0.451 e. The quantitative estimate of drug-likeness (QED) is 0.757. The second-order valence-electron chi connectivity index (χ2n) is 5.83. The molecule has 0 spiro atoms. The van der Waals surface area contributed by atoms with Gasteiger partial charge in [0.05, 0.1) is 5.75 Å². The molecule has 2 rings (SSSR count). The number of alkyl halides is 3. The van der Waals surface area contributed by atoms with Crippen LogP contribution in [0.2, 0.25) is 0 Å². The van der Waals surface area contributed by atoms with Crippen LogP contribution in [0.5, 0.6) is 0 Å². The molecule has 0 fully saturated rings. The monoisotopic (exact) mass is 372 g/mol. The maximum atomic E-state index is 12.7. The SMILES string of the molecule is Cc1ccc(CN(C)C(=O)CSc2nnc(C(F)(F)F)n2C)c(C)c1. The summed E-state index contributed by atoms with van der Waals surface area (Å²) in [5.41, 5.74) is 3.27. The smallest absolute Gasteiger partial charge is 0.341 e. The van der Waals surface area contributed by atoms with Crippen LogP contribution in [0.25, 0.3) is 0 Å². The standard InChI is InChI=1S/C16H19F3N4OS/c1-10-5-6-12(11(2)7-10)8-22(3)13(24)9-25-15-21-20-14(23(15)4)16(17,18)19/h5-7H,8-9H2,1-4H3. The lowest BCUT2D eigenvalue weighted by molar-refractivity contribution is -0.147. The Morgan fingerprint density at radius 1 is 1.28 bits per heavy atom. The predicted octanol–water partition coefficient (Wildman–Crippen LogP) is 3.20. The Kier molecular flexibility index (Phi) is 5.76. The van der Waals surface area contributed by atoms with Crippen LogP contribution in [0.15, 0.2) is 23.4 Å². The Bertz CT molecular complexity index is 773. The molecular weight excluding hydrogens is 353 g/mol. The van der Waals surface area contributed by atoms with Crippen LogP contribution in [0, 0.1) is 13.8 Å². The van der Waals surface area contributed by atoms with Crippen LogP contribution in [0.3, 0.4) is 0 Å². The summed E-state index contributed by atoms with van der Waals surface area (Å²) in [5, 5.41) is 6.70. The number of carbonyl (C=O) groups is 1. The molecule has 1 heterocycles. The molecule has 2 aromatic rings. The van der Waals surface area contributed by atoms with E-state index in [4.69, 9.17) is 0 Å². The average molecular weight is 372 g/mol. The number of thioether (sulfide) groups is 1. The van der Waals surface area contributed by atoms with E-state index in [2.05, 4.69) is 10.2 Å². The van der Waals surface area contributed by atoms with Crippen molar-refractivity contribution in [2.45, 2.75) is 31.7 Å². The highest BCUT2D eigenvalue weighted by Crippen LogP contribution is 2.29. The first-order chi connectivity index (χ1) is 11.6. The van der Waals surface area contributed by atoms with Crippen molar-refractivity contribution in [2.24, 2.45) is 7.05 Å². The summed E-state index contributed by atoms with van der Waals surface area (Å²) in [6, 6.07) is 5.99. The zero-order valence-electron chi connectivity index (χ0n) is 14.4. The molecule has 0 aliphatic rings. The highest BCUT2D eigenvalue weighted by molar-refractivity contribution is 7.99. The predicted molar refractivity (Wildman–Crippen MR) is 89.1 cm³/mol. The third kappa shape index (κ3) is 4.75. The van der Waals surface area contributed by atoms with Gasteiger partial charge in [-0.1, -0.05) is 35.5 Å². The fourth-order valence-corrected chi connectivity index (χ4v) is 3.14. The fourth-order valence-electron chi connectivity index (χ4n) is 2.29. The summed E-state index contributed by atoms with van der Waals surface area (Å²) in [6.45, 7) is 4.42. The minimum atomic E-state index is -4.57. The number of nitrogens with zero attached hydrogens (tertiary/aromatic N) is 4. The van der Waals surface area contributed by atoms with Crippen molar-refractivity contribution in [1.29, 1.82) is 0 Å². The molecule has 0 N–H and O–H groups in total. The van der Waals surface area contributed by atoms with E-state index in [1.54, 1.807) is 11.9 Å². The summed E-state index contributed by atoms with van der Waals surface area (Å²) < 4.78 is 38.9. The number of amides is 1. The Labute approximate surface area is 148 Å². The van der Waals surface area contributed by atoms with E-state index in [0.717, 1.165) is 33.0 Å². The van der Waals surface area contributed by atoms with Crippen molar-refractivity contribution in [3.8, 4) is 0 Å². The van der Waals surface area contributed by atoms with Gasteiger partial charge in [-0.15, -0.1) is 10.2 Å². The first kappa shape index (κ1) is 19.3. The number of hydrogen-bond donors (Lipinski definition) is 0. The van der Waals surface area contributed by atoms with Gasteiger partial charge in [0.25, 0.3) is 0 Å². The van der Waals surface area contributed by atoms with E-state index >= 15 is 0 Å². The molecule has 0 saturated carbocycles. The highest BCUT2D eigenvalue weighted by Gasteiger charge is 2.37. The van der Waals surface area contributed by atoms with Gasteiger partial charge < -0.3 is 9.47 Å². The average Bonchev–Trinajstić information content (AvgIpc) is 2.88. The lowest BCUT2D eigenvalue weighted by Gasteiger charge is -2.18. The van der Waals surface area contributed by atoms with E-state index < -0.39 is 12.0 Å². The van der Waals surface area contributed by atoms with Crippen LogP contribution in [-0.2, 0) is 24.6 Å². The van der Waals surface area contributed by atoms with Gasteiger partial charge in [0.1, 0.15) is 0 Å². The largest absolute Gasteiger partial charge is 0.451 e. The number of aromatic nitrogens is 3. The molecule has 0 unspecified atom stereocenters. The Hall–Kier alpha value is -2.03. The molecule has 0 radical (unpaired) electrons. The van der Waals surface area contributed by atoms with Gasteiger partial charge in [0.2, 0.25) is 11.7 Å². The fraction of sp³-hybridized carbons (Fsp3) is 0.438. The van der Waals surface area contributed by atoms with Gasteiger partial charge in [-0.3, -0.25) is 4.79 Å². The van der Waals surface area contributed by atoms with Gasteiger partial charge in [0.15, 0.2) is 5.16 Å². The molecular formula is C16H19F3N4OS. The highest BCUT2D eigenvalue weighted by atomic mass is 32.2. The van der Waals surface area contributed by atoms with Crippen molar-refractivity contribution in [2.75, 3.05) is 12.8 Å². The molecule has 25 heavy (non-hydrogen) atoms. The van der Waals surface area contributed by atoms with E-state index in [1.807, 2.05) is 32.0 Å². The molecule has 136 valence electrons. The number of halogens is 3. The van der Waals surface area contributed by atoms with Gasteiger partial charge >= 0.3 is 6.18 Å². The summed E-state index contributed by atoms with van der Waals surface area (Å²) in [5.74, 6) is -1.28. The zero-order valence-corrected chi connectivity index (χ0v) is 15.2. The summed E-state index contributed by atoms with van der Waals surface area (Å²) >= 11 is 0.936. The van der Waals surface area contributed by atoms with Crippen LogP contribution in [-0.4, -0.2) is 38.4 Å². The van der Waals surface area contributed by atoms with Gasteiger partial charge in [-0.25, -0.2) is 0 Å². The number of aryl methyl sites for hydroxylation is 2. The molecule has 5 nitrogen and oxygen atoms in total. The normalized spacial score (nSPS) is 11.6. The van der Waals surface area contributed by atoms with Crippen molar-refractivity contribution in [1.82, 2.24) is 19.7 Å². The van der Waals surface area contributed by atoms with E-state index in [-0.39, 0.29) is 16.8 Å². The third-order valence-corrected chi connectivity index (χ3v) is 4.75. The topological polar surface area (TPSA) is 51.0 Å². The lowest BCUT2D eigenvalue weighted by Crippen LogP contribution is -2.28. The second kappa shape index (κ2) is 7.47. The van der Waals surface area contributed by atoms with Crippen molar-refractivity contribution < 1.29 is 18.0 Å². The summed E-state index contributed by atoms with van der Waals surface area (Å²) in [6.07, 6.45) is -4.57. The first-order valence-corrected chi connectivity index (χ1v) is 8.47. The molecule has 0 aliphatic carbocycles. The molecule has 1 aromatic carbocycles. The van der Waals surface area contributed by atoms with Crippen LogP contribution >= 0.6 is 11.8 Å². The van der Waals surface area contributed by atoms with Crippen molar-refractivity contribution >= 4 is 17.7 Å². The molecule has 1 aromatic heterocycles. The van der Waals surface area contributed by atoms with Crippen LogP contribution < -0.4 is 0 Å². The number of hydrogen-bond acceptors (Lipinski definition) is 4. The van der Waals surface area contributed by atoms with Crippen LogP contribution in [0.4, 0.5) is 13.2 Å². The third-order valence-electron chi connectivity index (χ3n) is 3.74. The summed E-state index contributed by atoms with van der Waals surface area (Å²) in [7, 11) is 2.90. The number of rotatable bonds is 5. The maximum absolute atomic E-state index is 12.7. The molecule has 0 aliphatic heterocycles. The van der Waals surface area contributed by atoms with Gasteiger partial charge in [0, 0.05) is 20.6 Å². The Balaban J connectivity index is 1.97. The van der Waals surface area contributed by atoms with Gasteiger partial charge in [-0.05, 0) is 25.0 Å². The van der Waals surface area contributed by atoms with Crippen LogP contribution in [0.1, 0.15) is 22.5 Å².